The van der Waals surface area contributed by atoms with E-state index in [1.807, 2.05) is 37.3 Å². The minimum absolute atomic E-state index is 0.126. The molecule has 0 aliphatic rings. The van der Waals surface area contributed by atoms with E-state index in [0.717, 1.165) is 5.56 Å². The number of ether oxygens (including phenoxy) is 3. The van der Waals surface area contributed by atoms with E-state index in [9.17, 15) is 4.79 Å². The Labute approximate surface area is 141 Å². The first-order valence-electron chi connectivity index (χ1n) is 7.76. The fourth-order valence-electron chi connectivity index (χ4n) is 2.21. The van der Waals surface area contributed by atoms with Gasteiger partial charge in [-0.15, -0.1) is 0 Å². The van der Waals surface area contributed by atoms with E-state index in [-0.39, 0.29) is 12.7 Å². The van der Waals surface area contributed by atoms with Gasteiger partial charge in [-0.3, -0.25) is 0 Å². The van der Waals surface area contributed by atoms with Crippen LogP contribution in [0.3, 0.4) is 0 Å². The van der Waals surface area contributed by atoms with Gasteiger partial charge in [0.05, 0.1) is 19.3 Å². The third kappa shape index (κ3) is 4.73. The van der Waals surface area contributed by atoms with Crippen LogP contribution in [0.15, 0.2) is 48.5 Å². The standard InChI is InChI=1S/C19H22O5/c1-13(12-20)23-17-9-16(19(21)22-3)10-18(11-17)24-14(2)15-7-5-4-6-8-15/h4-11,13-14,20H,12H2,1-3H3/t13-,14?/m0/s1. The molecule has 0 saturated carbocycles. The molecule has 2 aromatic rings. The van der Waals surface area contributed by atoms with Crippen LogP contribution < -0.4 is 9.47 Å². The maximum Gasteiger partial charge on any atom is 0.338 e. The van der Waals surface area contributed by atoms with Crippen LogP contribution in [-0.4, -0.2) is 30.9 Å². The van der Waals surface area contributed by atoms with Gasteiger partial charge in [0.2, 0.25) is 0 Å². The van der Waals surface area contributed by atoms with Gasteiger partial charge in [0.15, 0.2) is 0 Å². The summed E-state index contributed by atoms with van der Waals surface area (Å²) in [6.07, 6.45) is -0.584. The molecule has 24 heavy (non-hydrogen) atoms. The summed E-state index contributed by atoms with van der Waals surface area (Å²) in [6.45, 7) is 3.54. The smallest absolute Gasteiger partial charge is 0.338 e. The molecule has 0 aromatic heterocycles. The van der Waals surface area contributed by atoms with Crippen LogP contribution in [0.1, 0.15) is 35.9 Å². The molecule has 2 aromatic carbocycles. The average Bonchev–Trinajstić information content (AvgIpc) is 2.61. The molecular formula is C19H22O5. The predicted octanol–water partition coefficient (Wildman–Crippen LogP) is 3.37. The van der Waals surface area contributed by atoms with Gasteiger partial charge in [-0.25, -0.2) is 4.79 Å². The summed E-state index contributed by atoms with van der Waals surface area (Å²) in [4.78, 5) is 11.8. The zero-order valence-electron chi connectivity index (χ0n) is 14.1. The normalized spacial score (nSPS) is 13.0. The minimum Gasteiger partial charge on any atom is -0.488 e. The van der Waals surface area contributed by atoms with Crippen molar-refractivity contribution < 1.29 is 24.1 Å². The first-order chi connectivity index (χ1) is 11.5. The van der Waals surface area contributed by atoms with Gasteiger partial charge in [0.1, 0.15) is 23.7 Å². The number of hydrogen-bond acceptors (Lipinski definition) is 5. The van der Waals surface area contributed by atoms with Crippen molar-refractivity contribution in [1.82, 2.24) is 0 Å². The van der Waals surface area contributed by atoms with Crippen molar-refractivity contribution in [2.24, 2.45) is 0 Å². The average molecular weight is 330 g/mol. The van der Waals surface area contributed by atoms with E-state index in [0.29, 0.717) is 17.1 Å². The number of aliphatic hydroxyl groups is 1. The Hall–Kier alpha value is -2.53. The molecular weight excluding hydrogens is 308 g/mol. The summed E-state index contributed by atoms with van der Waals surface area (Å²) in [5, 5.41) is 9.14. The number of methoxy groups -OCH3 is 1. The molecule has 0 amide bonds. The summed E-state index contributed by atoms with van der Waals surface area (Å²) in [5.41, 5.74) is 1.35. The number of carbonyl (C=O) groups excluding carboxylic acids is 1. The van der Waals surface area contributed by atoms with Crippen LogP contribution in [0.2, 0.25) is 0 Å². The van der Waals surface area contributed by atoms with Crippen LogP contribution in [0, 0.1) is 0 Å². The predicted molar refractivity (Wildman–Crippen MR) is 90.4 cm³/mol. The monoisotopic (exact) mass is 330 g/mol. The topological polar surface area (TPSA) is 65.0 Å². The molecule has 1 unspecified atom stereocenters. The molecule has 1 N–H and O–H groups in total. The van der Waals surface area contributed by atoms with Crippen LogP contribution in [0.25, 0.3) is 0 Å². The second-order valence-corrected chi connectivity index (χ2v) is 5.47. The number of hydrogen-bond donors (Lipinski definition) is 1. The molecule has 0 bridgehead atoms. The molecule has 0 aliphatic carbocycles. The number of rotatable bonds is 7. The van der Waals surface area contributed by atoms with Crippen LogP contribution in [0.4, 0.5) is 0 Å². The van der Waals surface area contributed by atoms with E-state index in [1.165, 1.54) is 7.11 Å². The van der Waals surface area contributed by atoms with Crippen molar-refractivity contribution in [3.05, 3.63) is 59.7 Å². The highest BCUT2D eigenvalue weighted by Crippen LogP contribution is 2.28. The van der Waals surface area contributed by atoms with Gasteiger partial charge >= 0.3 is 5.97 Å². The molecule has 2 atom stereocenters. The van der Waals surface area contributed by atoms with Crippen LogP contribution in [0.5, 0.6) is 11.5 Å². The third-order valence-corrected chi connectivity index (χ3v) is 3.48. The van der Waals surface area contributed by atoms with Crippen LogP contribution in [-0.2, 0) is 4.74 Å². The summed E-state index contributed by atoms with van der Waals surface area (Å²) in [5.74, 6) is 0.457. The molecule has 0 saturated heterocycles. The number of aliphatic hydroxyl groups excluding tert-OH is 1. The summed E-state index contributed by atoms with van der Waals surface area (Å²) in [6, 6.07) is 14.6. The highest BCUT2D eigenvalue weighted by molar-refractivity contribution is 5.90. The molecule has 5 heteroatoms. The lowest BCUT2D eigenvalue weighted by molar-refractivity contribution is 0.0598. The van der Waals surface area contributed by atoms with Crippen molar-refractivity contribution in [2.45, 2.75) is 26.1 Å². The highest BCUT2D eigenvalue weighted by Gasteiger charge is 2.14. The Bertz CT molecular complexity index is 669. The van der Waals surface area contributed by atoms with Crippen molar-refractivity contribution in [3.63, 3.8) is 0 Å². The van der Waals surface area contributed by atoms with Gasteiger partial charge in [0, 0.05) is 6.07 Å². The molecule has 0 heterocycles. The molecule has 128 valence electrons. The molecule has 5 nitrogen and oxygen atoms in total. The second-order valence-electron chi connectivity index (χ2n) is 5.47. The van der Waals surface area contributed by atoms with E-state index < -0.39 is 12.1 Å². The fourth-order valence-corrected chi connectivity index (χ4v) is 2.21. The van der Waals surface area contributed by atoms with Gasteiger partial charge in [0.25, 0.3) is 0 Å². The Morgan fingerprint density at radius 1 is 1.04 bits per heavy atom. The zero-order chi connectivity index (χ0) is 17.5. The fraction of sp³-hybridized carbons (Fsp3) is 0.316. The Kier molecular flexibility index (Phi) is 6.21. The molecule has 0 spiro atoms. The molecule has 0 radical (unpaired) electrons. The Morgan fingerprint density at radius 2 is 1.67 bits per heavy atom. The lowest BCUT2D eigenvalue weighted by atomic mass is 10.1. The lowest BCUT2D eigenvalue weighted by Crippen LogP contribution is -2.16. The van der Waals surface area contributed by atoms with Crippen molar-refractivity contribution in [1.29, 1.82) is 0 Å². The second kappa shape index (κ2) is 8.36. The van der Waals surface area contributed by atoms with Crippen molar-refractivity contribution in [3.8, 4) is 11.5 Å². The van der Waals surface area contributed by atoms with E-state index >= 15 is 0 Å². The largest absolute Gasteiger partial charge is 0.488 e. The third-order valence-electron chi connectivity index (χ3n) is 3.48. The summed E-state index contributed by atoms with van der Waals surface area (Å²) < 4.78 is 16.3. The van der Waals surface area contributed by atoms with Gasteiger partial charge < -0.3 is 19.3 Å². The van der Waals surface area contributed by atoms with Gasteiger partial charge in [-0.1, -0.05) is 30.3 Å². The lowest BCUT2D eigenvalue weighted by Gasteiger charge is -2.18. The van der Waals surface area contributed by atoms with E-state index in [1.54, 1.807) is 25.1 Å². The zero-order valence-corrected chi connectivity index (χ0v) is 14.1. The minimum atomic E-state index is -0.477. The van der Waals surface area contributed by atoms with Crippen LogP contribution >= 0.6 is 0 Å². The van der Waals surface area contributed by atoms with Crippen molar-refractivity contribution in [2.75, 3.05) is 13.7 Å². The number of esters is 1. The first kappa shape index (κ1) is 17.8. The first-order valence-corrected chi connectivity index (χ1v) is 7.76. The maximum absolute atomic E-state index is 11.8. The van der Waals surface area contributed by atoms with Crippen molar-refractivity contribution >= 4 is 5.97 Å². The van der Waals surface area contributed by atoms with Gasteiger partial charge in [-0.2, -0.15) is 0 Å². The van der Waals surface area contributed by atoms with Gasteiger partial charge in [-0.05, 0) is 31.5 Å². The molecule has 2 rings (SSSR count). The summed E-state index contributed by atoms with van der Waals surface area (Å²) >= 11 is 0. The highest BCUT2D eigenvalue weighted by atomic mass is 16.5. The quantitative estimate of drug-likeness (QED) is 0.789. The van der Waals surface area contributed by atoms with E-state index in [4.69, 9.17) is 19.3 Å². The maximum atomic E-state index is 11.8. The number of benzene rings is 2. The number of carbonyl (C=O) groups is 1. The summed E-state index contributed by atoms with van der Waals surface area (Å²) in [7, 11) is 1.32. The van der Waals surface area contributed by atoms with E-state index in [2.05, 4.69) is 0 Å². The molecule has 0 aliphatic heterocycles. The Morgan fingerprint density at radius 3 is 2.25 bits per heavy atom. The SMILES string of the molecule is COC(=O)c1cc(OC(C)c2ccccc2)cc(O[C@@H](C)CO)c1. The Balaban J connectivity index is 2.27. The molecule has 0 fully saturated rings.